The lowest BCUT2D eigenvalue weighted by atomic mass is 9.97. The standard InChI is InChI=1S/C27H45IO3/c1-5-9-12-13-14-15-18-24(28)21-31-26-23(17-11-7-3)19-22(16-10-6-2)20-25(26)27(29)30-8-4/h19-20,24H,5-18,21H2,1-4H3. The Hall–Kier alpha value is -0.780. The van der Waals surface area contributed by atoms with Gasteiger partial charge >= 0.3 is 5.97 Å². The van der Waals surface area contributed by atoms with Crippen LogP contribution in [-0.4, -0.2) is 23.1 Å². The molecule has 0 fully saturated rings. The smallest absolute Gasteiger partial charge is 0.341 e. The first kappa shape index (κ1) is 28.3. The Morgan fingerprint density at radius 2 is 1.52 bits per heavy atom. The van der Waals surface area contributed by atoms with Gasteiger partial charge < -0.3 is 9.47 Å². The van der Waals surface area contributed by atoms with E-state index in [1.165, 1.54) is 56.1 Å². The average molecular weight is 545 g/mol. The van der Waals surface area contributed by atoms with Gasteiger partial charge in [0.15, 0.2) is 0 Å². The molecule has 3 nitrogen and oxygen atoms in total. The summed E-state index contributed by atoms with van der Waals surface area (Å²) < 4.78 is 12.2. The van der Waals surface area contributed by atoms with E-state index in [0.29, 0.717) is 22.7 Å². The highest BCUT2D eigenvalue weighted by Crippen LogP contribution is 2.30. The van der Waals surface area contributed by atoms with Crippen molar-refractivity contribution < 1.29 is 14.3 Å². The van der Waals surface area contributed by atoms with Crippen molar-refractivity contribution >= 4 is 28.6 Å². The summed E-state index contributed by atoms with van der Waals surface area (Å²) in [6, 6.07) is 4.27. The number of benzene rings is 1. The van der Waals surface area contributed by atoms with Crippen LogP contribution in [0.15, 0.2) is 12.1 Å². The number of rotatable bonds is 18. The summed E-state index contributed by atoms with van der Waals surface area (Å²) in [5, 5.41) is 0. The molecule has 1 aromatic carbocycles. The van der Waals surface area contributed by atoms with Gasteiger partial charge in [0.25, 0.3) is 0 Å². The third-order valence-corrected chi connectivity index (χ3v) is 6.60. The van der Waals surface area contributed by atoms with Gasteiger partial charge in [0.05, 0.1) is 13.2 Å². The quantitative estimate of drug-likeness (QED) is 0.0805. The van der Waals surface area contributed by atoms with E-state index in [2.05, 4.69) is 49.4 Å². The van der Waals surface area contributed by atoms with E-state index < -0.39 is 0 Å². The molecule has 0 saturated carbocycles. The molecule has 0 aliphatic rings. The molecule has 1 rings (SSSR count). The van der Waals surface area contributed by atoms with Crippen molar-refractivity contribution in [2.75, 3.05) is 13.2 Å². The number of alkyl halides is 1. The predicted molar refractivity (Wildman–Crippen MR) is 141 cm³/mol. The molecule has 0 aliphatic carbocycles. The minimum Gasteiger partial charge on any atom is -0.491 e. The molecule has 0 bridgehead atoms. The summed E-state index contributed by atoms with van der Waals surface area (Å²) >= 11 is 2.51. The average Bonchev–Trinajstić information content (AvgIpc) is 2.77. The molecule has 0 N–H and O–H groups in total. The summed E-state index contributed by atoms with van der Waals surface area (Å²) in [5.74, 6) is 0.506. The lowest BCUT2D eigenvalue weighted by Crippen LogP contribution is -2.16. The van der Waals surface area contributed by atoms with Gasteiger partial charge in [-0.15, -0.1) is 0 Å². The van der Waals surface area contributed by atoms with E-state index in [0.717, 1.165) is 44.3 Å². The second-order valence-electron chi connectivity index (χ2n) is 8.52. The normalized spacial score (nSPS) is 12.0. The molecule has 0 amide bonds. The summed E-state index contributed by atoms with van der Waals surface area (Å²) in [6.07, 6.45) is 15.5. The first-order chi connectivity index (χ1) is 15.1. The predicted octanol–water partition coefficient (Wildman–Crippen LogP) is 8.48. The Morgan fingerprint density at radius 3 is 2.19 bits per heavy atom. The summed E-state index contributed by atoms with van der Waals surface area (Å²) in [4.78, 5) is 12.8. The topological polar surface area (TPSA) is 35.5 Å². The Morgan fingerprint density at radius 1 is 0.871 bits per heavy atom. The van der Waals surface area contributed by atoms with Gasteiger partial charge in [0, 0.05) is 3.92 Å². The molecule has 0 saturated heterocycles. The Bertz CT molecular complexity index is 615. The van der Waals surface area contributed by atoms with Crippen LogP contribution in [0.4, 0.5) is 0 Å². The summed E-state index contributed by atoms with van der Waals surface area (Å²) in [7, 11) is 0. The van der Waals surface area contributed by atoms with E-state index in [9.17, 15) is 4.79 Å². The maximum absolute atomic E-state index is 12.8. The fourth-order valence-corrected chi connectivity index (χ4v) is 4.39. The van der Waals surface area contributed by atoms with Gasteiger partial charge in [-0.1, -0.05) is 101 Å². The molecule has 0 aliphatic heterocycles. The van der Waals surface area contributed by atoms with Crippen LogP contribution >= 0.6 is 22.6 Å². The molecule has 1 unspecified atom stereocenters. The Labute approximate surface area is 205 Å². The minimum absolute atomic E-state index is 0.255. The number of aryl methyl sites for hydroxylation is 2. The monoisotopic (exact) mass is 544 g/mol. The van der Waals surface area contributed by atoms with Crippen molar-refractivity contribution in [3.8, 4) is 5.75 Å². The number of unbranched alkanes of at least 4 members (excludes halogenated alkanes) is 7. The van der Waals surface area contributed by atoms with Crippen molar-refractivity contribution in [2.45, 2.75) is 115 Å². The van der Waals surface area contributed by atoms with E-state index in [1.807, 2.05) is 13.0 Å². The summed E-state index contributed by atoms with van der Waals surface area (Å²) in [6.45, 7) is 9.55. The number of carbonyl (C=O) groups excluding carboxylic acids is 1. The van der Waals surface area contributed by atoms with Crippen molar-refractivity contribution in [1.82, 2.24) is 0 Å². The molecule has 0 heterocycles. The van der Waals surface area contributed by atoms with Gasteiger partial charge in [-0.2, -0.15) is 0 Å². The van der Waals surface area contributed by atoms with Crippen LogP contribution in [0.3, 0.4) is 0 Å². The van der Waals surface area contributed by atoms with Crippen molar-refractivity contribution in [3.63, 3.8) is 0 Å². The molecule has 4 heteroatoms. The van der Waals surface area contributed by atoms with Crippen LogP contribution in [-0.2, 0) is 17.6 Å². The van der Waals surface area contributed by atoms with Gasteiger partial charge in [0.2, 0.25) is 0 Å². The molecule has 0 radical (unpaired) electrons. The van der Waals surface area contributed by atoms with Crippen molar-refractivity contribution in [3.05, 3.63) is 28.8 Å². The molecule has 31 heavy (non-hydrogen) atoms. The van der Waals surface area contributed by atoms with Crippen LogP contribution in [0.25, 0.3) is 0 Å². The lowest BCUT2D eigenvalue weighted by molar-refractivity contribution is 0.0521. The number of hydrogen-bond donors (Lipinski definition) is 0. The van der Waals surface area contributed by atoms with E-state index in [1.54, 1.807) is 0 Å². The zero-order valence-electron chi connectivity index (χ0n) is 20.4. The highest BCUT2D eigenvalue weighted by molar-refractivity contribution is 14.1. The maximum Gasteiger partial charge on any atom is 0.341 e. The highest BCUT2D eigenvalue weighted by Gasteiger charge is 2.20. The number of carbonyl (C=O) groups is 1. The molecule has 1 aromatic rings. The molecule has 0 spiro atoms. The minimum atomic E-state index is -0.255. The SMILES string of the molecule is CCCCCCCCC(I)COc1c(CCCC)cc(CCCC)cc1C(=O)OCC. The number of ether oxygens (including phenoxy) is 2. The van der Waals surface area contributed by atoms with E-state index in [-0.39, 0.29) is 5.97 Å². The lowest BCUT2D eigenvalue weighted by Gasteiger charge is -2.19. The zero-order chi connectivity index (χ0) is 22.9. The Balaban J connectivity index is 2.89. The van der Waals surface area contributed by atoms with Crippen molar-refractivity contribution in [2.24, 2.45) is 0 Å². The van der Waals surface area contributed by atoms with Crippen LogP contribution in [0.5, 0.6) is 5.75 Å². The fraction of sp³-hybridized carbons (Fsp3) is 0.741. The van der Waals surface area contributed by atoms with E-state index >= 15 is 0 Å². The Kier molecular flexibility index (Phi) is 16.2. The first-order valence-corrected chi connectivity index (χ1v) is 13.9. The second-order valence-corrected chi connectivity index (χ2v) is 10.3. The molecular formula is C27H45IO3. The second kappa shape index (κ2) is 17.7. The maximum atomic E-state index is 12.8. The van der Waals surface area contributed by atoms with Gasteiger partial charge in [-0.05, 0) is 56.2 Å². The summed E-state index contributed by atoms with van der Waals surface area (Å²) in [5.41, 5.74) is 3.01. The van der Waals surface area contributed by atoms with Crippen LogP contribution < -0.4 is 4.74 Å². The van der Waals surface area contributed by atoms with Crippen LogP contribution in [0.1, 0.15) is 120 Å². The number of esters is 1. The largest absolute Gasteiger partial charge is 0.491 e. The fourth-order valence-electron chi connectivity index (χ4n) is 3.77. The van der Waals surface area contributed by atoms with Gasteiger partial charge in [-0.25, -0.2) is 4.79 Å². The third-order valence-electron chi connectivity index (χ3n) is 5.62. The zero-order valence-corrected chi connectivity index (χ0v) is 22.6. The van der Waals surface area contributed by atoms with E-state index in [4.69, 9.17) is 9.47 Å². The molecule has 0 aromatic heterocycles. The number of hydrogen-bond acceptors (Lipinski definition) is 3. The van der Waals surface area contributed by atoms with Crippen molar-refractivity contribution in [1.29, 1.82) is 0 Å². The highest BCUT2D eigenvalue weighted by atomic mass is 127. The molecular weight excluding hydrogens is 499 g/mol. The van der Waals surface area contributed by atoms with Gasteiger partial charge in [0.1, 0.15) is 11.3 Å². The van der Waals surface area contributed by atoms with Gasteiger partial charge in [-0.3, -0.25) is 0 Å². The third kappa shape index (κ3) is 11.6. The van der Waals surface area contributed by atoms with Crippen LogP contribution in [0, 0.1) is 0 Å². The first-order valence-electron chi connectivity index (χ1n) is 12.7. The molecule has 1 atom stereocenters. The number of halogens is 1. The molecule has 178 valence electrons. The van der Waals surface area contributed by atoms with Crippen LogP contribution in [0.2, 0.25) is 0 Å².